The van der Waals surface area contributed by atoms with E-state index in [1.807, 2.05) is 0 Å². The van der Waals surface area contributed by atoms with Crippen LogP contribution < -0.4 is 5.32 Å². The molecule has 0 amide bonds. The zero-order valence-electron chi connectivity index (χ0n) is 8.08. The van der Waals surface area contributed by atoms with E-state index in [0.29, 0.717) is 0 Å². The molecular formula is C9H19N3. The molecule has 2 saturated heterocycles. The molecule has 3 heteroatoms. The molecule has 2 aliphatic heterocycles. The molecule has 0 spiro atoms. The largest absolute Gasteiger partial charge is 0.314 e. The first kappa shape index (κ1) is 8.48. The summed E-state index contributed by atoms with van der Waals surface area (Å²) in [6.45, 7) is 8.47. The van der Waals surface area contributed by atoms with Crippen LogP contribution in [0, 0.1) is 0 Å². The third kappa shape index (κ3) is 1.49. The van der Waals surface area contributed by atoms with Gasteiger partial charge in [-0.15, -0.1) is 0 Å². The monoisotopic (exact) mass is 169 g/mol. The second-order valence-corrected chi connectivity index (χ2v) is 4.16. The summed E-state index contributed by atoms with van der Waals surface area (Å²) < 4.78 is 0. The molecule has 70 valence electrons. The summed E-state index contributed by atoms with van der Waals surface area (Å²) in [5.74, 6) is 0. The highest BCUT2D eigenvalue weighted by molar-refractivity contribution is 4.90. The highest BCUT2D eigenvalue weighted by Crippen LogP contribution is 2.14. The number of likely N-dealkylation sites (N-methyl/N-ethyl adjacent to an activating group) is 1. The zero-order valence-corrected chi connectivity index (χ0v) is 8.08. The Morgan fingerprint density at radius 2 is 2.00 bits per heavy atom. The molecule has 0 aromatic rings. The van der Waals surface area contributed by atoms with Crippen molar-refractivity contribution in [3.8, 4) is 0 Å². The molecule has 0 aromatic heterocycles. The Kier molecular flexibility index (Phi) is 2.35. The summed E-state index contributed by atoms with van der Waals surface area (Å²) in [4.78, 5) is 5.07. The molecule has 0 radical (unpaired) electrons. The van der Waals surface area contributed by atoms with E-state index in [4.69, 9.17) is 0 Å². The van der Waals surface area contributed by atoms with Gasteiger partial charge in [-0.3, -0.25) is 4.90 Å². The highest BCUT2D eigenvalue weighted by atomic mass is 15.3. The van der Waals surface area contributed by atoms with Crippen molar-refractivity contribution in [2.24, 2.45) is 0 Å². The standard InChI is InChI=1S/C9H19N3/c1-8-7-11(2)3-4-12(8)9-5-10-6-9/h8-10H,3-7H2,1-2H3/t8-/m0/s1. The minimum atomic E-state index is 0.746. The van der Waals surface area contributed by atoms with Gasteiger partial charge in [0, 0.05) is 44.8 Å². The first-order valence-electron chi connectivity index (χ1n) is 4.92. The summed E-state index contributed by atoms with van der Waals surface area (Å²) in [6, 6.07) is 1.57. The maximum absolute atomic E-state index is 3.34. The molecule has 1 atom stereocenters. The minimum Gasteiger partial charge on any atom is -0.314 e. The second-order valence-electron chi connectivity index (χ2n) is 4.16. The number of rotatable bonds is 1. The lowest BCUT2D eigenvalue weighted by Gasteiger charge is -2.46. The van der Waals surface area contributed by atoms with Crippen LogP contribution in [-0.2, 0) is 0 Å². The lowest BCUT2D eigenvalue weighted by atomic mass is 10.1. The fourth-order valence-corrected chi connectivity index (χ4v) is 2.20. The van der Waals surface area contributed by atoms with Gasteiger partial charge in [0.1, 0.15) is 0 Å². The van der Waals surface area contributed by atoms with Gasteiger partial charge in [0.15, 0.2) is 0 Å². The van der Waals surface area contributed by atoms with E-state index in [-0.39, 0.29) is 0 Å². The van der Waals surface area contributed by atoms with Crippen molar-refractivity contribution < 1.29 is 0 Å². The Labute approximate surface area is 74.7 Å². The number of piperazine rings is 1. The number of nitrogens with one attached hydrogen (secondary N) is 1. The molecular weight excluding hydrogens is 150 g/mol. The van der Waals surface area contributed by atoms with Crippen LogP contribution >= 0.6 is 0 Å². The summed E-state index contributed by atoms with van der Waals surface area (Å²) >= 11 is 0. The predicted octanol–water partition coefficient (Wildman–Crippen LogP) is -0.406. The van der Waals surface area contributed by atoms with Gasteiger partial charge in [-0.25, -0.2) is 0 Å². The second kappa shape index (κ2) is 3.32. The smallest absolute Gasteiger partial charge is 0.0349 e. The van der Waals surface area contributed by atoms with Crippen LogP contribution in [0.25, 0.3) is 0 Å². The molecule has 2 heterocycles. The van der Waals surface area contributed by atoms with Gasteiger partial charge in [0.2, 0.25) is 0 Å². The molecule has 0 unspecified atom stereocenters. The van der Waals surface area contributed by atoms with Crippen molar-refractivity contribution in [2.45, 2.75) is 19.0 Å². The molecule has 0 aromatic carbocycles. The SMILES string of the molecule is C[C@H]1CN(C)CCN1C1CNC1. The lowest BCUT2D eigenvalue weighted by molar-refractivity contribution is 0.0398. The van der Waals surface area contributed by atoms with Crippen molar-refractivity contribution >= 4 is 0 Å². The minimum absolute atomic E-state index is 0.746. The Bertz CT molecular complexity index is 156. The van der Waals surface area contributed by atoms with Gasteiger partial charge in [-0.2, -0.15) is 0 Å². The van der Waals surface area contributed by atoms with E-state index in [1.165, 1.54) is 32.7 Å². The van der Waals surface area contributed by atoms with E-state index in [1.54, 1.807) is 0 Å². The molecule has 2 rings (SSSR count). The first-order valence-corrected chi connectivity index (χ1v) is 4.92. The summed E-state index contributed by atoms with van der Waals surface area (Å²) in [5.41, 5.74) is 0. The quantitative estimate of drug-likeness (QED) is 0.576. The van der Waals surface area contributed by atoms with Gasteiger partial charge < -0.3 is 10.2 Å². The number of nitrogens with zero attached hydrogens (tertiary/aromatic N) is 2. The third-order valence-electron chi connectivity index (χ3n) is 3.11. The summed E-state index contributed by atoms with van der Waals surface area (Å²) in [5, 5.41) is 3.34. The van der Waals surface area contributed by atoms with E-state index in [2.05, 4.69) is 29.1 Å². The molecule has 1 N–H and O–H groups in total. The van der Waals surface area contributed by atoms with Crippen LogP contribution in [-0.4, -0.2) is 61.7 Å². The van der Waals surface area contributed by atoms with Gasteiger partial charge in [-0.05, 0) is 14.0 Å². The van der Waals surface area contributed by atoms with Gasteiger partial charge >= 0.3 is 0 Å². The molecule has 0 bridgehead atoms. The number of hydrogen-bond donors (Lipinski definition) is 1. The highest BCUT2D eigenvalue weighted by Gasteiger charge is 2.30. The molecule has 3 nitrogen and oxygen atoms in total. The van der Waals surface area contributed by atoms with Gasteiger partial charge in [0.25, 0.3) is 0 Å². The Balaban J connectivity index is 1.88. The Morgan fingerprint density at radius 1 is 1.25 bits per heavy atom. The molecule has 2 fully saturated rings. The number of hydrogen-bond acceptors (Lipinski definition) is 3. The average Bonchev–Trinajstić information content (AvgIpc) is 1.91. The Morgan fingerprint density at radius 3 is 2.50 bits per heavy atom. The van der Waals surface area contributed by atoms with Crippen molar-refractivity contribution in [1.29, 1.82) is 0 Å². The molecule has 2 aliphatic rings. The van der Waals surface area contributed by atoms with Crippen LogP contribution in [0.1, 0.15) is 6.92 Å². The van der Waals surface area contributed by atoms with E-state index in [9.17, 15) is 0 Å². The fourth-order valence-electron chi connectivity index (χ4n) is 2.20. The van der Waals surface area contributed by atoms with Crippen molar-refractivity contribution in [1.82, 2.24) is 15.1 Å². The van der Waals surface area contributed by atoms with Crippen LogP contribution in [0.3, 0.4) is 0 Å². The van der Waals surface area contributed by atoms with Crippen molar-refractivity contribution in [2.75, 3.05) is 39.8 Å². The van der Waals surface area contributed by atoms with Gasteiger partial charge in [-0.1, -0.05) is 0 Å². The molecule has 0 aliphatic carbocycles. The van der Waals surface area contributed by atoms with E-state index < -0.39 is 0 Å². The lowest BCUT2D eigenvalue weighted by Crippen LogP contribution is -2.64. The first-order chi connectivity index (χ1) is 5.77. The van der Waals surface area contributed by atoms with Crippen molar-refractivity contribution in [3.63, 3.8) is 0 Å². The fraction of sp³-hybridized carbons (Fsp3) is 1.00. The zero-order chi connectivity index (χ0) is 8.55. The van der Waals surface area contributed by atoms with Crippen LogP contribution in [0.2, 0.25) is 0 Å². The Hall–Kier alpha value is -0.120. The normalized spacial score (nSPS) is 35.0. The average molecular weight is 169 g/mol. The summed E-state index contributed by atoms with van der Waals surface area (Å²) in [6.07, 6.45) is 0. The maximum Gasteiger partial charge on any atom is 0.0349 e. The molecule has 12 heavy (non-hydrogen) atoms. The van der Waals surface area contributed by atoms with Crippen molar-refractivity contribution in [3.05, 3.63) is 0 Å². The van der Waals surface area contributed by atoms with Crippen LogP contribution in [0.4, 0.5) is 0 Å². The summed E-state index contributed by atoms with van der Waals surface area (Å²) in [7, 11) is 2.22. The van der Waals surface area contributed by atoms with Crippen LogP contribution in [0.5, 0.6) is 0 Å². The van der Waals surface area contributed by atoms with Crippen LogP contribution in [0.15, 0.2) is 0 Å². The molecule has 0 saturated carbocycles. The van der Waals surface area contributed by atoms with E-state index >= 15 is 0 Å². The topological polar surface area (TPSA) is 18.5 Å². The maximum atomic E-state index is 3.34. The van der Waals surface area contributed by atoms with E-state index in [0.717, 1.165) is 12.1 Å². The van der Waals surface area contributed by atoms with Gasteiger partial charge in [0.05, 0.1) is 0 Å². The third-order valence-corrected chi connectivity index (χ3v) is 3.11. The predicted molar refractivity (Wildman–Crippen MR) is 50.3 cm³/mol.